The van der Waals surface area contributed by atoms with Gasteiger partial charge in [0.2, 0.25) is 0 Å². The van der Waals surface area contributed by atoms with E-state index in [2.05, 4.69) is 52.1 Å². The van der Waals surface area contributed by atoms with Crippen LogP contribution in [-0.2, 0) is 0 Å². The molecule has 0 spiro atoms. The number of allylic oxidation sites excluding steroid dienone is 1. The molecule has 1 nitrogen and oxygen atoms in total. The minimum absolute atomic E-state index is 0.221. The van der Waals surface area contributed by atoms with Crippen molar-refractivity contribution in [2.24, 2.45) is 0 Å². The van der Waals surface area contributed by atoms with Crippen LogP contribution in [-0.4, -0.2) is 11.6 Å². The third kappa shape index (κ3) is 6.41. The van der Waals surface area contributed by atoms with Gasteiger partial charge < -0.3 is 5.32 Å². The van der Waals surface area contributed by atoms with E-state index in [-0.39, 0.29) is 5.54 Å². The summed E-state index contributed by atoms with van der Waals surface area (Å²) in [7, 11) is 0. The van der Waals surface area contributed by atoms with Crippen LogP contribution in [0.15, 0.2) is 12.2 Å². The van der Waals surface area contributed by atoms with E-state index in [1.54, 1.807) is 0 Å². The van der Waals surface area contributed by atoms with Crippen molar-refractivity contribution >= 4 is 0 Å². The van der Waals surface area contributed by atoms with Gasteiger partial charge in [-0.3, -0.25) is 0 Å². The Morgan fingerprint density at radius 2 is 1.83 bits per heavy atom. The van der Waals surface area contributed by atoms with E-state index in [0.29, 0.717) is 6.04 Å². The molecule has 0 aromatic carbocycles. The lowest BCUT2D eigenvalue weighted by Crippen LogP contribution is -2.42. The van der Waals surface area contributed by atoms with Crippen LogP contribution in [0, 0.1) is 0 Å². The summed E-state index contributed by atoms with van der Waals surface area (Å²) in [5, 5.41) is 3.55. The Morgan fingerprint density at radius 1 is 1.25 bits per heavy atom. The topological polar surface area (TPSA) is 12.0 Å². The monoisotopic (exact) mass is 169 g/mol. The van der Waals surface area contributed by atoms with Gasteiger partial charge in [-0.2, -0.15) is 0 Å². The molecule has 12 heavy (non-hydrogen) atoms. The Hall–Kier alpha value is -0.300. The van der Waals surface area contributed by atoms with Gasteiger partial charge in [0.05, 0.1) is 0 Å². The SMILES string of the molecule is CCC=CC(CC)NC(C)(C)C. The standard InChI is InChI=1S/C11H23N/c1-6-8-9-10(7-2)12-11(3,4)5/h8-10,12H,6-7H2,1-5H3. The van der Waals surface area contributed by atoms with Gasteiger partial charge >= 0.3 is 0 Å². The zero-order valence-electron chi connectivity index (χ0n) is 9.15. The molecule has 1 atom stereocenters. The summed E-state index contributed by atoms with van der Waals surface area (Å²) in [5.74, 6) is 0. The first-order chi connectivity index (χ1) is 5.49. The van der Waals surface area contributed by atoms with Gasteiger partial charge in [0.25, 0.3) is 0 Å². The van der Waals surface area contributed by atoms with E-state index >= 15 is 0 Å². The molecule has 0 aliphatic heterocycles. The van der Waals surface area contributed by atoms with E-state index in [1.807, 2.05) is 0 Å². The number of nitrogens with one attached hydrogen (secondary N) is 1. The largest absolute Gasteiger partial charge is 0.306 e. The molecule has 0 aliphatic carbocycles. The highest BCUT2D eigenvalue weighted by Crippen LogP contribution is 2.04. The van der Waals surface area contributed by atoms with Gasteiger partial charge in [-0.05, 0) is 33.6 Å². The molecule has 0 saturated carbocycles. The van der Waals surface area contributed by atoms with Gasteiger partial charge in [-0.1, -0.05) is 26.0 Å². The molecule has 0 aromatic heterocycles. The lowest BCUT2D eigenvalue weighted by Gasteiger charge is -2.25. The molecule has 0 amide bonds. The fourth-order valence-corrected chi connectivity index (χ4v) is 1.14. The van der Waals surface area contributed by atoms with Crippen LogP contribution in [0.25, 0.3) is 0 Å². The van der Waals surface area contributed by atoms with Crippen molar-refractivity contribution in [1.82, 2.24) is 5.32 Å². The van der Waals surface area contributed by atoms with Crippen LogP contribution in [0.2, 0.25) is 0 Å². The highest BCUT2D eigenvalue weighted by atomic mass is 15.0. The molecule has 1 N–H and O–H groups in total. The summed E-state index contributed by atoms with van der Waals surface area (Å²) in [6.07, 6.45) is 6.79. The maximum Gasteiger partial charge on any atom is 0.0252 e. The Bertz CT molecular complexity index is 130. The normalized spacial score (nSPS) is 15.4. The lowest BCUT2D eigenvalue weighted by molar-refractivity contribution is 0.386. The van der Waals surface area contributed by atoms with Crippen molar-refractivity contribution in [3.63, 3.8) is 0 Å². The Morgan fingerprint density at radius 3 is 2.17 bits per heavy atom. The maximum atomic E-state index is 3.55. The predicted molar refractivity (Wildman–Crippen MR) is 56.4 cm³/mol. The molecule has 0 saturated heterocycles. The molecule has 1 unspecified atom stereocenters. The summed E-state index contributed by atoms with van der Waals surface area (Å²) in [6.45, 7) is 11.0. The zero-order chi connectivity index (χ0) is 9.61. The second kappa shape index (κ2) is 5.36. The maximum absolute atomic E-state index is 3.55. The van der Waals surface area contributed by atoms with E-state index in [9.17, 15) is 0 Å². The smallest absolute Gasteiger partial charge is 0.0252 e. The van der Waals surface area contributed by atoms with Crippen molar-refractivity contribution in [2.45, 2.75) is 59.0 Å². The Kier molecular flexibility index (Phi) is 5.23. The van der Waals surface area contributed by atoms with Crippen molar-refractivity contribution in [1.29, 1.82) is 0 Å². The fraction of sp³-hybridized carbons (Fsp3) is 0.818. The van der Waals surface area contributed by atoms with Crippen molar-refractivity contribution < 1.29 is 0 Å². The minimum atomic E-state index is 0.221. The molecule has 0 fully saturated rings. The molecule has 0 bridgehead atoms. The van der Waals surface area contributed by atoms with Crippen LogP contribution < -0.4 is 5.32 Å². The van der Waals surface area contributed by atoms with E-state index in [4.69, 9.17) is 0 Å². The molecule has 1 heteroatoms. The van der Waals surface area contributed by atoms with Gasteiger partial charge in [0, 0.05) is 11.6 Å². The third-order valence-corrected chi connectivity index (χ3v) is 1.66. The van der Waals surface area contributed by atoms with Crippen molar-refractivity contribution in [3.8, 4) is 0 Å². The molecular weight excluding hydrogens is 146 g/mol. The van der Waals surface area contributed by atoms with Gasteiger partial charge in [0.15, 0.2) is 0 Å². The number of hydrogen-bond donors (Lipinski definition) is 1. The molecule has 0 aromatic rings. The van der Waals surface area contributed by atoms with Crippen LogP contribution in [0.3, 0.4) is 0 Å². The van der Waals surface area contributed by atoms with E-state index in [1.165, 1.54) is 0 Å². The van der Waals surface area contributed by atoms with E-state index < -0.39 is 0 Å². The minimum Gasteiger partial charge on any atom is -0.306 e. The van der Waals surface area contributed by atoms with Gasteiger partial charge in [0.1, 0.15) is 0 Å². The summed E-state index contributed by atoms with van der Waals surface area (Å²) < 4.78 is 0. The summed E-state index contributed by atoms with van der Waals surface area (Å²) in [5.41, 5.74) is 0.221. The van der Waals surface area contributed by atoms with Crippen molar-refractivity contribution in [2.75, 3.05) is 0 Å². The average Bonchev–Trinajstić information content (AvgIpc) is 1.95. The highest BCUT2D eigenvalue weighted by molar-refractivity contribution is 4.94. The highest BCUT2D eigenvalue weighted by Gasteiger charge is 2.12. The van der Waals surface area contributed by atoms with Crippen molar-refractivity contribution in [3.05, 3.63) is 12.2 Å². The molecule has 0 heterocycles. The molecule has 72 valence electrons. The second-order valence-electron chi connectivity index (χ2n) is 4.25. The van der Waals surface area contributed by atoms with Crippen LogP contribution in [0.5, 0.6) is 0 Å². The summed E-state index contributed by atoms with van der Waals surface area (Å²) in [6, 6.07) is 0.532. The molecular formula is C11H23N. The predicted octanol–water partition coefficient (Wildman–Crippen LogP) is 3.12. The van der Waals surface area contributed by atoms with Crippen LogP contribution in [0.4, 0.5) is 0 Å². The third-order valence-electron chi connectivity index (χ3n) is 1.66. The number of hydrogen-bond acceptors (Lipinski definition) is 1. The fourth-order valence-electron chi connectivity index (χ4n) is 1.14. The zero-order valence-corrected chi connectivity index (χ0v) is 9.15. The Balaban J connectivity index is 3.91. The van der Waals surface area contributed by atoms with E-state index in [0.717, 1.165) is 12.8 Å². The average molecular weight is 169 g/mol. The van der Waals surface area contributed by atoms with Crippen LogP contribution in [0.1, 0.15) is 47.5 Å². The molecule has 0 rings (SSSR count). The molecule has 0 radical (unpaired) electrons. The summed E-state index contributed by atoms with van der Waals surface area (Å²) in [4.78, 5) is 0. The number of rotatable bonds is 4. The molecule has 0 aliphatic rings. The summed E-state index contributed by atoms with van der Waals surface area (Å²) >= 11 is 0. The second-order valence-corrected chi connectivity index (χ2v) is 4.25. The quantitative estimate of drug-likeness (QED) is 0.638. The van der Waals surface area contributed by atoms with Crippen LogP contribution >= 0.6 is 0 Å². The Labute approximate surface area is 77.2 Å². The first-order valence-corrected chi connectivity index (χ1v) is 4.94. The first kappa shape index (κ1) is 11.7. The van der Waals surface area contributed by atoms with Gasteiger partial charge in [-0.15, -0.1) is 0 Å². The lowest BCUT2D eigenvalue weighted by atomic mass is 10.1. The van der Waals surface area contributed by atoms with Gasteiger partial charge in [-0.25, -0.2) is 0 Å². The first-order valence-electron chi connectivity index (χ1n) is 4.94.